The van der Waals surface area contributed by atoms with Gasteiger partial charge in [0.1, 0.15) is 17.2 Å². The van der Waals surface area contributed by atoms with E-state index in [9.17, 15) is 15.0 Å². The molecule has 2 rings (SSSR count). The third kappa shape index (κ3) is 5.20. The fraction of sp³-hybridized carbons (Fsp3) is 0.176. The maximum Gasteiger partial charge on any atom is 0.259 e. The Morgan fingerprint density at radius 3 is 2.62 bits per heavy atom. The van der Waals surface area contributed by atoms with Crippen LogP contribution in [0.1, 0.15) is 12.5 Å². The van der Waals surface area contributed by atoms with Crippen LogP contribution in [0.15, 0.2) is 47.6 Å². The molecule has 0 saturated heterocycles. The minimum Gasteiger partial charge on any atom is -0.508 e. The normalized spacial score (nSPS) is 10.5. The van der Waals surface area contributed by atoms with Gasteiger partial charge in [0.15, 0.2) is 0 Å². The van der Waals surface area contributed by atoms with E-state index in [1.165, 1.54) is 24.4 Å². The molecule has 0 fully saturated rings. The van der Waals surface area contributed by atoms with Gasteiger partial charge in [-0.2, -0.15) is 5.10 Å². The van der Waals surface area contributed by atoms with Gasteiger partial charge in [-0.05, 0) is 43.3 Å². The number of nitrogens with zero attached hydrogens (tertiary/aromatic N) is 1. The van der Waals surface area contributed by atoms with E-state index < -0.39 is 0 Å². The Hall–Kier alpha value is -3.22. The van der Waals surface area contributed by atoms with Gasteiger partial charge in [-0.15, -0.1) is 0 Å². The molecule has 0 aliphatic heterocycles. The molecule has 0 unspecified atom stereocenters. The van der Waals surface area contributed by atoms with Crippen LogP contribution >= 0.6 is 0 Å². The minimum absolute atomic E-state index is 0.0479. The Morgan fingerprint density at radius 1 is 1.21 bits per heavy atom. The van der Waals surface area contributed by atoms with Gasteiger partial charge in [0, 0.05) is 17.3 Å². The van der Waals surface area contributed by atoms with Crippen molar-refractivity contribution in [1.82, 2.24) is 5.43 Å². The zero-order chi connectivity index (χ0) is 17.4. The van der Waals surface area contributed by atoms with Gasteiger partial charge >= 0.3 is 0 Å². The summed E-state index contributed by atoms with van der Waals surface area (Å²) in [4.78, 5) is 11.7. The number of phenolic OH excluding ortho intramolecular Hbond substituents is 2. The Labute approximate surface area is 139 Å². The van der Waals surface area contributed by atoms with Crippen molar-refractivity contribution in [3.8, 4) is 17.2 Å². The smallest absolute Gasteiger partial charge is 0.259 e. The van der Waals surface area contributed by atoms with Crippen molar-refractivity contribution in [2.75, 3.05) is 18.5 Å². The number of hydrogen-bond acceptors (Lipinski definition) is 6. The molecular formula is C17H19N3O4. The van der Waals surface area contributed by atoms with Crippen LogP contribution in [0.5, 0.6) is 17.2 Å². The summed E-state index contributed by atoms with van der Waals surface area (Å²) in [6.07, 6.45) is 1.30. The maximum atomic E-state index is 11.7. The SMILES string of the molecule is CCOc1ccc(NCC(=O)N/N=C/c2ccc(O)cc2O)cc1. The van der Waals surface area contributed by atoms with Crippen molar-refractivity contribution in [2.45, 2.75) is 6.92 Å². The predicted octanol–water partition coefficient (Wildman–Crippen LogP) is 2.06. The Morgan fingerprint density at radius 2 is 1.96 bits per heavy atom. The van der Waals surface area contributed by atoms with Crippen LogP contribution in [-0.2, 0) is 4.79 Å². The molecule has 0 aromatic heterocycles. The maximum absolute atomic E-state index is 11.7. The summed E-state index contributed by atoms with van der Waals surface area (Å²) < 4.78 is 5.34. The molecule has 1 amide bonds. The molecule has 24 heavy (non-hydrogen) atoms. The molecule has 0 aliphatic rings. The van der Waals surface area contributed by atoms with Crippen LogP contribution in [0.4, 0.5) is 5.69 Å². The highest BCUT2D eigenvalue weighted by atomic mass is 16.5. The number of ether oxygens (including phenoxy) is 1. The van der Waals surface area contributed by atoms with Gasteiger partial charge in [0.2, 0.25) is 0 Å². The second-order valence-electron chi connectivity index (χ2n) is 4.85. The summed E-state index contributed by atoms with van der Waals surface area (Å²) >= 11 is 0. The van der Waals surface area contributed by atoms with Gasteiger partial charge in [-0.1, -0.05) is 0 Å². The quantitative estimate of drug-likeness (QED) is 0.460. The lowest BCUT2D eigenvalue weighted by Gasteiger charge is -2.07. The Kier molecular flexibility index (Phi) is 6.01. The highest BCUT2D eigenvalue weighted by Gasteiger charge is 2.02. The van der Waals surface area contributed by atoms with E-state index in [0.717, 1.165) is 11.4 Å². The summed E-state index contributed by atoms with van der Waals surface area (Å²) in [5, 5.41) is 25.5. The molecule has 7 heteroatoms. The molecule has 4 N–H and O–H groups in total. The molecule has 0 atom stereocenters. The van der Waals surface area contributed by atoms with Crippen LogP contribution in [-0.4, -0.2) is 35.5 Å². The number of hydrogen-bond donors (Lipinski definition) is 4. The third-order valence-corrected chi connectivity index (χ3v) is 3.03. The lowest BCUT2D eigenvalue weighted by atomic mass is 10.2. The summed E-state index contributed by atoms with van der Waals surface area (Å²) in [7, 11) is 0. The van der Waals surface area contributed by atoms with Gasteiger partial charge in [0.25, 0.3) is 5.91 Å². The minimum atomic E-state index is -0.335. The van der Waals surface area contributed by atoms with Crippen LogP contribution < -0.4 is 15.5 Å². The van der Waals surface area contributed by atoms with Crippen LogP contribution in [0.2, 0.25) is 0 Å². The van der Waals surface area contributed by atoms with Gasteiger partial charge < -0.3 is 20.3 Å². The number of nitrogens with one attached hydrogen (secondary N) is 2. The van der Waals surface area contributed by atoms with E-state index in [1.54, 1.807) is 0 Å². The molecule has 0 spiro atoms. The van der Waals surface area contributed by atoms with Crippen LogP contribution in [0.25, 0.3) is 0 Å². The number of amides is 1. The number of aromatic hydroxyl groups is 2. The molecule has 0 saturated carbocycles. The number of phenols is 2. The van der Waals surface area contributed by atoms with E-state index in [4.69, 9.17) is 4.74 Å². The lowest BCUT2D eigenvalue weighted by Crippen LogP contribution is -2.25. The summed E-state index contributed by atoms with van der Waals surface area (Å²) in [6, 6.07) is 11.3. The highest BCUT2D eigenvalue weighted by molar-refractivity contribution is 5.86. The third-order valence-electron chi connectivity index (χ3n) is 3.03. The van der Waals surface area contributed by atoms with E-state index in [-0.39, 0.29) is 24.0 Å². The first-order chi connectivity index (χ1) is 11.6. The fourth-order valence-corrected chi connectivity index (χ4v) is 1.87. The number of carbonyl (C=O) groups is 1. The van der Waals surface area contributed by atoms with Crippen molar-refractivity contribution in [1.29, 1.82) is 0 Å². The van der Waals surface area contributed by atoms with Crippen LogP contribution in [0.3, 0.4) is 0 Å². The first-order valence-electron chi connectivity index (χ1n) is 7.39. The van der Waals surface area contributed by atoms with Crippen molar-refractivity contribution in [2.24, 2.45) is 5.10 Å². The molecular weight excluding hydrogens is 310 g/mol. The van der Waals surface area contributed by atoms with Gasteiger partial charge in [-0.3, -0.25) is 4.79 Å². The molecule has 2 aromatic carbocycles. The average Bonchev–Trinajstić information content (AvgIpc) is 2.56. The Balaban J connectivity index is 1.79. The Bertz CT molecular complexity index is 714. The predicted molar refractivity (Wildman–Crippen MR) is 91.6 cm³/mol. The zero-order valence-corrected chi connectivity index (χ0v) is 13.2. The first kappa shape index (κ1) is 17.1. The average molecular weight is 329 g/mol. The van der Waals surface area contributed by atoms with Crippen molar-refractivity contribution in [3.05, 3.63) is 48.0 Å². The number of benzene rings is 2. The second-order valence-corrected chi connectivity index (χ2v) is 4.85. The van der Waals surface area contributed by atoms with E-state index in [1.807, 2.05) is 31.2 Å². The lowest BCUT2D eigenvalue weighted by molar-refractivity contribution is -0.119. The van der Waals surface area contributed by atoms with E-state index >= 15 is 0 Å². The van der Waals surface area contributed by atoms with Gasteiger partial charge in [-0.25, -0.2) is 5.43 Å². The fourth-order valence-electron chi connectivity index (χ4n) is 1.87. The molecule has 0 heterocycles. The standard InChI is InChI=1S/C17H19N3O4/c1-2-24-15-7-4-13(5-8-15)18-11-17(23)20-19-10-12-3-6-14(21)9-16(12)22/h3-10,18,21-22H,2,11H2,1H3,(H,20,23)/b19-10+. The highest BCUT2D eigenvalue weighted by Crippen LogP contribution is 2.20. The molecule has 126 valence electrons. The molecule has 2 aromatic rings. The topological polar surface area (TPSA) is 103 Å². The number of rotatable bonds is 7. The first-order valence-corrected chi connectivity index (χ1v) is 7.39. The van der Waals surface area contributed by atoms with Crippen molar-refractivity contribution in [3.63, 3.8) is 0 Å². The summed E-state index contributed by atoms with van der Waals surface area (Å²) in [5.74, 6) is 0.262. The van der Waals surface area contributed by atoms with Crippen molar-refractivity contribution >= 4 is 17.8 Å². The number of carbonyl (C=O) groups excluding carboxylic acids is 1. The van der Waals surface area contributed by atoms with E-state index in [0.29, 0.717) is 12.2 Å². The number of hydrazone groups is 1. The molecule has 0 radical (unpaired) electrons. The second kappa shape index (κ2) is 8.42. The molecule has 7 nitrogen and oxygen atoms in total. The van der Waals surface area contributed by atoms with Crippen molar-refractivity contribution < 1.29 is 19.7 Å². The van der Waals surface area contributed by atoms with Crippen LogP contribution in [0, 0.1) is 0 Å². The van der Waals surface area contributed by atoms with Gasteiger partial charge in [0.05, 0.1) is 19.4 Å². The summed E-state index contributed by atoms with van der Waals surface area (Å²) in [6.45, 7) is 2.56. The molecule has 0 bridgehead atoms. The summed E-state index contributed by atoms with van der Waals surface area (Å²) in [5.41, 5.74) is 3.51. The van der Waals surface area contributed by atoms with E-state index in [2.05, 4.69) is 15.8 Å². The zero-order valence-electron chi connectivity index (χ0n) is 13.2. The molecule has 0 aliphatic carbocycles. The largest absolute Gasteiger partial charge is 0.508 e. The monoisotopic (exact) mass is 329 g/mol. The number of anilines is 1.